The third-order valence-electron chi connectivity index (χ3n) is 3.69. The number of amides is 1. The van der Waals surface area contributed by atoms with E-state index in [2.05, 4.69) is 16.7 Å². The summed E-state index contributed by atoms with van der Waals surface area (Å²) in [7, 11) is 0. The standard InChI is InChI=1S/C14H19N3O2/c15-11-7-12-9(3-4-14(18)17-12)6-13(11)16-10-2-1-5-19-8-10/h6-7,10,16H,1-5,8,15H2,(H,17,18). The van der Waals surface area contributed by atoms with Gasteiger partial charge in [0.05, 0.1) is 18.0 Å². The molecule has 1 aromatic rings. The topological polar surface area (TPSA) is 76.4 Å². The van der Waals surface area contributed by atoms with E-state index in [1.807, 2.05) is 6.07 Å². The molecule has 19 heavy (non-hydrogen) atoms. The minimum atomic E-state index is 0.0632. The van der Waals surface area contributed by atoms with Gasteiger partial charge < -0.3 is 21.1 Å². The number of anilines is 3. The molecule has 2 aliphatic heterocycles. The summed E-state index contributed by atoms with van der Waals surface area (Å²) in [4.78, 5) is 11.4. The third kappa shape index (κ3) is 2.66. The Bertz CT molecular complexity index is 496. The van der Waals surface area contributed by atoms with Crippen molar-refractivity contribution in [2.45, 2.75) is 31.7 Å². The SMILES string of the molecule is Nc1cc2c(cc1NC1CCCOC1)CCC(=O)N2. The van der Waals surface area contributed by atoms with Crippen LogP contribution >= 0.6 is 0 Å². The van der Waals surface area contributed by atoms with Crippen molar-refractivity contribution < 1.29 is 9.53 Å². The number of benzene rings is 1. The summed E-state index contributed by atoms with van der Waals surface area (Å²) < 4.78 is 5.46. The highest BCUT2D eigenvalue weighted by molar-refractivity contribution is 5.95. The lowest BCUT2D eigenvalue weighted by Crippen LogP contribution is -2.30. The molecule has 0 saturated carbocycles. The second-order valence-corrected chi connectivity index (χ2v) is 5.20. The van der Waals surface area contributed by atoms with Crippen molar-refractivity contribution in [1.82, 2.24) is 0 Å². The Labute approximate surface area is 112 Å². The fourth-order valence-corrected chi connectivity index (χ4v) is 2.64. The molecule has 1 atom stereocenters. The first-order valence-corrected chi connectivity index (χ1v) is 6.79. The summed E-state index contributed by atoms with van der Waals surface area (Å²) in [5.41, 5.74) is 9.67. The molecule has 0 spiro atoms. The lowest BCUT2D eigenvalue weighted by molar-refractivity contribution is -0.116. The molecule has 1 saturated heterocycles. The van der Waals surface area contributed by atoms with Gasteiger partial charge in [-0.15, -0.1) is 0 Å². The lowest BCUT2D eigenvalue weighted by Gasteiger charge is -2.26. The first-order chi connectivity index (χ1) is 9.22. The van der Waals surface area contributed by atoms with Gasteiger partial charge in [-0.25, -0.2) is 0 Å². The minimum Gasteiger partial charge on any atom is -0.397 e. The number of hydrogen-bond donors (Lipinski definition) is 3. The van der Waals surface area contributed by atoms with E-state index in [-0.39, 0.29) is 5.91 Å². The molecule has 2 aliphatic rings. The molecule has 4 N–H and O–H groups in total. The summed E-state index contributed by atoms with van der Waals surface area (Å²) in [5.74, 6) is 0.0632. The quantitative estimate of drug-likeness (QED) is 0.709. The zero-order chi connectivity index (χ0) is 13.2. The summed E-state index contributed by atoms with van der Waals surface area (Å²) in [5, 5.41) is 6.31. The average Bonchev–Trinajstić information content (AvgIpc) is 2.41. The van der Waals surface area contributed by atoms with E-state index in [0.29, 0.717) is 18.2 Å². The number of aryl methyl sites for hydroxylation is 1. The monoisotopic (exact) mass is 261 g/mol. The van der Waals surface area contributed by atoms with Crippen molar-refractivity contribution in [2.75, 3.05) is 29.6 Å². The molecule has 5 heteroatoms. The van der Waals surface area contributed by atoms with Gasteiger partial charge in [-0.1, -0.05) is 0 Å². The van der Waals surface area contributed by atoms with Gasteiger partial charge in [0.15, 0.2) is 0 Å². The Morgan fingerprint density at radius 3 is 3.05 bits per heavy atom. The van der Waals surface area contributed by atoms with Gasteiger partial charge in [0.1, 0.15) is 0 Å². The van der Waals surface area contributed by atoms with Gasteiger partial charge in [-0.3, -0.25) is 4.79 Å². The third-order valence-corrected chi connectivity index (χ3v) is 3.69. The van der Waals surface area contributed by atoms with E-state index in [1.54, 1.807) is 0 Å². The Morgan fingerprint density at radius 1 is 1.37 bits per heavy atom. The highest BCUT2D eigenvalue weighted by Gasteiger charge is 2.19. The van der Waals surface area contributed by atoms with Crippen molar-refractivity contribution in [1.29, 1.82) is 0 Å². The molecule has 0 aliphatic carbocycles. The second-order valence-electron chi connectivity index (χ2n) is 5.20. The maximum Gasteiger partial charge on any atom is 0.224 e. The van der Waals surface area contributed by atoms with Crippen LogP contribution in [0, 0.1) is 0 Å². The van der Waals surface area contributed by atoms with Gasteiger partial charge in [-0.05, 0) is 37.0 Å². The first-order valence-electron chi connectivity index (χ1n) is 6.79. The first kappa shape index (κ1) is 12.3. The van der Waals surface area contributed by atoms with E-state index in [9.17, 15) is 4.79 Å². The van der Waals surface area contributed by atoms with E-state index in [4.69, 9.17) is 10.5 Å². The van der Waals surface area contributed by atoms with E-state index in [0.717, 1.165) is 49.4 Å². The Hall–Kier alpha value is -1.75. The van der Waals surface area contributed by atoms with Crippen LogP contribution in [0.1, 0.15) is 24.8 Å². The predicted octanol–water partition coefficient (Wildman–Crippen LogP) is 1.74. The molecule has 0 aromatic heterocycles. The molecule has 1 amide bonds. The van der Waals surface area contributed by atoms with E-state index < -0.39 is 0 Å². The van der Waals surface area contributed by atoms with E-state index in [1.165, 1.54) is 0 Å². The van der Waals surface area contributed by atoms with Crippen LogP contribution in [-0.4, -0.2) is 25.2 Å². The number of carbonyl (C=O) groups excluding carboxylic acids is 1. The Balaban J connectivity index is 1.80. The van der Waals surface area contributed by atoms with Crippen molar-refractivity contribution in [3.8, 4) is 0 Å². The number of nitrogen functional groups attached to an aromatic ring is 1. The molecule has 1 fully saturated rings. The number of fused-ring (bicyclic) bond motifs is 1. The Morgan fingerprint density at radius 2 is 2.26 bits per heavy atom. The van der Waals surface area contributed by atoms with Crippen LogP contribution in [0.3, 0.4) is 0 Å². The van der Waals surface area contributed by atoms with E-state index >= 15 is 0 Å². The predicted molar refractivity (Wildman–Crippen MR) is 75.3 cm³/mol. The van der Waals surface area contributed by atoms with Crippen LogP contribution in [-0.2, 0) is 16.0 Å². The highest BCUT2D eigenvalue weighted by atomic mass is 16.5. The molecule has 0 radical (unpaired) electrons. The maximum absolute atomic E-state index is 11.4. The fourth-order valence-electron chi connectivity index (χ4n) is 2.64. The molecular weight excluding hydrogens is 242 g/mol. The van der Waals surface area contributed by atoms with Crippen molar-refractivity contribution in [3.63, 3.8) is 0 Å². The zero-order valence-corrected chi connectivity index (χ0v) is 10.9. The van der Waals surface area contributed by atoms with Gasteiger partial charge >= 0.3 is 0 Å². The fraction of sp³-hybridized carbons (Fsp3) is 0.500. The summed E-state index contributed by atoms with van der Waals surface area (Å²) in [6.07, 6.45) is 3.51. The molecular formula is C14H19N3O2. The van der Waals surface area contributed by atoms with Crippen LogP contribution in [0.15, 0.2) is 12.1 Å². The molecule has 3 rings (SSSR count). The smallest absolute Gasteiger partial charge is 0.224 e. The van der Waals surface area contributed by atoms with Crippen LogP contribution < -0.4 is 16.4 Å². The number of nitrogens with two attached hydrogens (primary N) is 1. The molecule has 102 valence electrons. The number of hydrogen-bond acceptors (Lipinski definition) is 4. The molecule has 0 bridgehead atoms. The van der Waals surface area contributed by atoms with Gasteiger partial charge in [0.25, 0.3) is 0 Å². The zero-order valence-electron chi connectivity index (χ0n) is 10.9. The van der Waals surface area contributed by atoms with Crippen LogP contribution in [0.25, 0.3) is 0 Å². The largest absolute Gasteiger partial charge is 0.397 e. The van der Waals surface area contributed by atoms with Gasteiger partial charge in [-0.2, -0.15) is 0 Å². The highest BCUT2D eigenvalue weighted by Crippen LogP contribution is 2.31. The van der Waals surface area contributed by atoms with Crippen LogP contribution in [0.5, 0.6) is 0 Å². The second kappa shape index (κ2) is 5.09. The molecule has 5 nitrogen and oxygen atoms in total. The minimum absolute atomic E-state index is 0.0632. The lowest BCUT2D eigenvalue weighted by atomic mass is 10.0. The number of ether oxygens (including phenoxy) is 1. The van der Waals surface area contributed by atoms with Crippen LogP contribution in [0.2, 0.25) is 0 Å². The van der Waals surface area contributed by atoms with Crippen LogP contribution in [0.4, 0.5) is 17.1 Å². The molecule has 2 heterocycles. The number of rotatable bonds is 2. The molecule has 1 unspecified atom stereocenters. The van der Waals surface area contributed by atoms with Gasteiger partial charge in [0.2, 0.25) is 5.91 Å². The van der Waals surface area contributed by atoms with Crippen molar-refractivity contribution in [2.24, 2.45) is 0 Å². The average molecular weight is 261 g/mol. The maximum atomic E-state index is 11.4. The summed E-state index contributed by atoms with van der Waals surface area (Å²) in [6.45, 7) is 1.58. The van der Waals surface area contributed by atoms with Gasteiger partial charge in [0, 0.05) is 24.8 Å². The Kier molecular flexibility index (Phi) is 3.29. The molecule has 1 aromatic carbocycles. The van der Waals surface area contributed by atoms with Crippen molar-refractivity contribution in [3.05, 3.63) is 17.7 Å². The summed E-state index contributed by atoms with van der Waals surface area (Å²) in [6, 6.07) is 4.23. The van der Waals surface area contributed by atoms with Crippen molar-refractivity contribution >= 4 is 23.0 Å². The summed E-state index contributed by atoms with van der Waals surface area (Å²) >= 11 is 0. The number of nitrogens with one attached hydrogen (secondary N) is 2. The normalized spacial score (nSPS) is 22.5. The number of carbonyl (C=O) groups is 1.